The molecule has 176 valence electrons. The van der Waals surface area contributed by atoms with Gasteiger partial charge in [0.05, 0.1) is 53.0 Å². The molecule has 1 aromatic carbocycles. The molecule has 1 aromatic rings. The van der Waals surface area contributed by atoms with Crippen molar-refractivity contribution in [3.63, 3.8) is 0 Å². The van der Waals surface area contributed by atoms with Crippen LogP contribution in [0.5, 0.6) is 11.5 Å². The number of likely N-dealkylation sites (N-methyl/N-ethyl adjacent to an activating group) is 1. The molecule has 2 amide bonds. The zero-order valence-electron chi connectivity index (χ0n) is 19.6. The van der Waals surface area contributed by atoms with Crippen LogP contribution in [0.25, 0.3) is 0 Å². The Labute approximate surface area is 191 Å². The van der Waals surface area contributed by atoms with Gasteiger partial charge in [0, 0.05) is 31.7 Å². The minimum absolute atomic E-state index is 0.0396. The van der Waals surface area contributed by atoms with Crippen molar-refractivity contribution in [2.45, 2.75) is 57.0 Å². The van der Waals surface area contributed by atoms with Crippen molar-refractivity contribution in [1.82, 2.24) is 10.2 Å². The number of ether oxygens (including phenoxy) is 2. The van der Waals surface area contributed by atoms with E-state index in [1.54, 1.807) is 12.0 Å². The van der Waals surface area contributed by atoms with E-state index in [1.165, 1.54) is 38.8 Å². The van der Waals surface area contributed by atoms with Gasteiger partial charge in [-0.15, -0.1) is 0 Å². The molecule has 1 unspecified atom stereocenters. The third kappa shape index (κ3) is 5.55. The summed E-state index contributed by atoms with van der Waals surface area (Å²) >= 11 is 0. The maximum absolute atomic E-state index is 12.6. The third-order valence-electron chi connectivity index (χ3n) is 7.42. The van der Waals surface area contributed by atoms with Crippen LogP contribution in [0, 0.1) is 0 Å². The number of nitrogens with zero attached hydrogens (tertiary/aromatic N) is 2. The quantitative estimate of drug-likeness (QED) is 0.595. The smallest absolute Gasteiger partial charge is 0.239 e. The molecule has 3 aliphatic rings. The van der Waals surface area contributed by atoms with Gasteiger partial charge in [-0.3, -0.25) is 9.59 Å². The Balaban J connectivity index is 1.31. The maximum atomic E-state index is 12.6. The number of likely N-dealkylation sites (tertiary alicyclic amines) is 2. The molecule has 2 heterocycles. The van der Waals surface area contributed by atoms with Gasteiger partial charge in [0.1, 0.15) is 0 Å². The molecule has 0 aromatic heterocycles. The Morgan fingerprint density at radius 2 is 1.91 bits per heavy atom. The van der Waals surface area contributed by atoms with Gasteiger partial charge < -0.3 is 24.2 Å². The normalized spacial score (nSPS) is 23.0. The fourth-order valence-electron chi connectivity index (χ4n) is 5.39. The van der Waals surface area contributed by atoms with E-state index in [4.69, 9.17) is 9.47 Å². The predicted octanol–water partition coefficient (Wildman–Crippen LogP) is 2.69. The molecule has 0 spiro atoms. The summed E-state index contributed by atoms with van der Waals surface area (Å²) in [5, 5.41) is 3.02. The van der Waals surface area contributed by atoms with Gasteiger partial charge in [-0.1, -0.05) is 6.07 Å². The van der Waals surface area contributed by atoms with Crippen molar-refractivity contribution in [3.8, 4) is 11.5 Å². The first kappa shape index (κ1) is 22.9. The van der Waals surface area contributed by atoms with Gasteiger partial charge in [-0.2, -0.15) is 0 Å². The highest BCUT2D eigenvalue weighted by Crippen LogP contribution is 2.37. The second-order valence-electron chi connectivity index (χ2n) is 9.96. The van der Waals surface area contributed by atoms with Gasteiger partial charge >= 0.3 is 0 Å². The van der Waals surface area contributed by atoms with Gasteiger partial charge in [-0.25, -0.2) is 0 Å². The number of benzene rings is 1. The molecular weight excluding hydrogens is 406 g/mol. The van der Waals surface area contributed by atoms with Crippen LogP contribution in [-0.4, -0.2) is 80.7 Å². The highest BCUT2D eigenvalue weighted by molar-refractivity contribution is 5.86. The molecule has 2 saturated heterocycles. The van der Waals surface area contributed by atoms with Crippen molar-refractivity contribution in [3.05, 3.63) is 23.8 Å². The first-order valence-corrected chi connectivity index (χ1v) is 12.2. The molecule has 3 fully saturated rings. The van der Waals surface area contributed by atoms with Crippen molar-refractivity contribution in [2.24, 2.45) is 0 Å². The molecule has 1 atom stereocenters. The lowest BCUT2D eigenvalue weighted by Crippen LogP contribution is -2.47. The molecule has 32 heavy (non-hydrogen) atoms. The topological polar surface area (TPSA) is 67.9 Å². The molecule has 7 nitrogen and oxygen atoms in total. The number of nitrogens with one attached hydrogen (secondary N) is 1. The Morgan fingerprint density at radius 3 is 2.62 bits per heavy atom. The summed E-state index contributed by atoms with van der Waals surface area (Å²) in [5.41, 5.74) is 1.07. The van der Waals surface area contributed by atoms with Crippen LogP contribution >= 0.6 is 0 Å². The van der Waals surface area contributed by atoms with Crippen molar-refractivity contribution in [2.75, 3.05) is 53.4 Å². The monoisotopic (exact) mass is 444 g/mol. The number of methoxy groups -OCH3 is 1. The molecule has 1 saturated carbocycles. The lowest BCUT2D eigenvalue weighted by Gasteiger charge is -2.29. The predicted molar refractivity (Wildman–Crippen MR) is 123 cm³/mol. The number of hydrogen-bond acceptors (Lipinski definition) is 4. The maximum Gasteiger partial charge on any atom is 0.239 e. The summed E-state index contributed by atoms with van der Waals surface area (Å²) in [6, 6.07) is 5.97. The standard InChI is InChI=1S/C25H37N3O4/c1-28(12-5-6-13-28)14-11-26-24(29)18-27-17-20(16-25(27)30)19-9-10-22(31-2)23(15-19)32-21-7-3-4-8-21/h9-10,15,20-21H,3-8,11-14,16-18H2,1-2H3/p+1. The van der Waals surface area contributed by atoms with Crippen molar-refractivity contribution >= 4 is 11.8 Å². The number of carbonyl (C=O) groups is 2. The second kappa shape index (κ2) is 10.1. The minimum Gasteiger partial charge on any atom is -0.493 e. The summed E-state index contributed by atoms with van der Waals surface area (Å²) in [6.45, 7) is 4.71. The zero-order chi connectivity index (χ0) is 22.6. The van der Waals surface area contributed by atoms with Gasteiger partial charge in [0.15, 0.2) is 11.5 Å². The van der Waals surface area contributed by atoms with E-state index >= 15 is 0 Å². The molecule has 1 N–H and O–H groups in total. The van der Waals surface area contributed by atoms with Crippen LogP contribution < -0.4 is 14.8 Å². The van der Waals surface area contributed by atoms with E-state index in [-0.39, 0.29) is 30.4 Å². The second-order valence-corrected chi connectivity index (χ2v) is 9.96. The average molecular weight is 445 g/mol. The van der Waals surface area contributed by atoms with E-state index in [0.717, 1.165) is 40.9 Å². The Hall–Kier alpha value is -2.28. The van der Waals surface area contributed by atoms with Crippen LogP contribution in [0.3, 0.4) is 0 Å². The molecule has 0 bridgehead atoms. The Bertz CT molecular complexity index is 815. The van der Waals surface area contributed by atoms with Crippen molar-refractivity contribution in [1.29, 1.82) is 0 Å². The van der Waals surface area contributed by atoms with Crippen LogP contribution in [0.15, 0.2) is 18.2 Å². The molecule has 7 heteroatoms. The molecular formula is C25H38N3O4+. The van der Waals surface area contributed by atoms with E-state index in [0.29, 0.717) is 19.5 Å². The van der Waals surface area contributed by atoms with Crippen LogP contribution in [-0.2, 0) is 9.59 Å². The van der Waals surface area contributed by atoms with Gasteiger partial charge in [0.2, 0.25) is 11.8 Å². The minimum atomic E-state index is -0.0650. The van der Waals surface area contributed by atoms with Crippen LogP contribution in [0.4, 0.5) is 0 Å². The van der Waals surface area contributed by atoms with Gasteiger partial charge in [-0.05, 0) is 43.4 Å². The van der Waals surface area contributed by atoms with E-state index < -0.39 is 0 Å². The number of rotatable bonds is 9. The number of hydrogen-bond donors (Lipinski definition) is 1. The lowest BCUT2D eigenvalue weighted by atomic mass is 9.98. The largest absolute Gasteiger partial charge is 0.493 e. The van der Waals surface area contributed by atoms with Crippen LogP contribution in [0.1, 0.15) is 56.4 Å². The fraction of sp³-hybridized carbons (Fsp3) is 0.680. The Morgan fingerprint density at radius 1 is 1.16 bits per heavy atom. The summed E-state index contributed by atoms with van der Waals surface area (Å²) < 4.78 is 12.7. The van der Waals surface area contributed by atoms with Crippen LogP contribution in [0.2, 0.25) is 0 Å². The van der Waals surface area contributed by atoms with E-state index in [9.17, 15) is 9.59 Å². The first-order valence-electron chi connectivity index (χ1n) is 12.2. The summed E-state index contributed by atoms with van der Waals surface area (Å²) in [5.74, 6) is 1.54. The molecule has 0 radical (unpaired) electrons. The van der Waals surface area contributed by atoms with E-state index in [1.807, 2.05) is 18.2 Å². The molecule has 4 rings (SSSR count). The zero-order valence-corrected chi connectivity index (χ0v) is 19.6. The van der Waals surface area contributed by atoms with Crippen molar-refractivity contribution < 1.29 is 23.5 Å². The highest BCUT2D eigenvalue weighted by Gasteiger charge is 2.33. The molecule has 1 aliphatic carbocycles. The van der Waals surface area contributed by atoms with E-state index in [2.05, 4.69) is 12.4 Å². The fourth-order valence-corrected chi connectivity index (χ4v) is 5.39. The first-order chi connectivity index (χ1) is 15.5. The van der Waals surface area contributed by atoms with Gasteiger partial charge in [0.25, 0.3) is 0 Å². The molecule has 2 aliphatic heterocycles. The summed E-state index contributed by atoms with van der Waals surface area (Å²) in [4.78, 5) is 26.7. The summed E-state index contributed by atoms with van der Waals surface area (Å²) in [7, 11) is 3.91. The highest BCUT2D eigenvalue weighted by atomic mass is 16.5. The number of quaternary nitrogens is 1. The lowest BCUT2D eigenvalue weighted by molar-refractivity contribution is -0.896. The number of amides is 2. The third-order valence-corrected chi connectivity index (χ3v) is 7.42. The number of carbonyl (C=O) groups excluding carboxylic acids is 2. The summed E-state index contributed by atoms with van der Waals surface area (Å²) in [6.07, 6.45) is 7.79. The average Bonchev–Trinajstić information content (AvgIpc) is 3.51. The SMILES string of the molecule is COc1ccc(C2CC(=O)N(CC(=O)NCC[N+]3(C)CCCC3)C2)cc1OC1CCCC1. The Kier molecular flexibility index (Phi) is 7.23.